The van der Waals surface area contributed by atoms with Gasteiger partial charge in [-0.2, -0.15) is 9.97 Å². The van der Waals surface area contributed by atoms with Crippen molar-refractivity contribution in [2.45, 2.75) is 50.2 Å². The van der Waals surface area contributed by atoms with Crippen LogP contribution in [0.5, 0.6) is 11.8 Å². The van der Waals surface area contributed by atoms with Crippen molar-refractivity contribution >= 4 is 30.7 Å². The number of nitrogens with zero attached hydrogens (tertiary/aromatic N) is 5. The second kappa shape index (κ2) is 16.1. The topological polar surface area (TPSA) is 80.3 Å². The number of amides is 1. The molecule has 0 radical (unpaired) electrons. The van der Waals surface area contributed by atoms with E-state index in [9.17, 15) is 4.79 Å². The van der Waals surface area contributed by atoms with Crippen molar-refractivity contribution in [3.63, 3.8) is 0 Å². The zero-order chi connectivity index (χ0) is 29.8. The summed E-state index contributed by atoms with van der Waals surface area (Å²) < 4.78 is 17.2. The number of carbonyl (C=O) groups excluding carboxylic acids is 1. The van der Waals surface area contributed by atoms with Crippen LogP contribution in [0.3, 0.4) is 0 Å². The predicted octanol–water partition coefficient (Wildman–Crippen LogP) is 4.78. The molecule has 3 aromatic rings. The van der Waals surface area contributed by atoms with E-state index >= 15 is 0 Å². The molecule has 2 aliphatic heterocycles. The molecule has 9 nitrogen and oxygen atoms in total. The molecular weight excluding hydrogens is 613 g/mol. The molecular formula is C34H45Cl2N5O4. The average molecular weight is 659 g/mol. The van der Waals surface area contributed by atoms with Crippen LogP contribution in [0.2, 0.25) is 0 Å². The molecule has 0 bridgehead atoms. The molecule has 3 heterocycles. The summed E-state index contributed by atoms with van der Waals surface area (Å²) in [6.07, 6.45) is 2.22. The van der Waals surface area contributed by atoms with Crippen molar-refractivity contribution in [2.75, 3.05) is 60.2 Å². The lowest BCUT2D eigenvalue weighted by molar-refractivity contribution is -0.140. The minimum absolute atomic E-state index is 0. The Hall–Kier alpha value is -2.95. The summed E-state index contributed by atoms with van der Waals surface area (Å²) in [5.41, 5.74) is 3.48. The van der Waals surface area contributed by atoms with Gasteiger partial charge in [0, 0.05) is 70.3 Å². The molecule has 3 aliphatic rings. The molecule has 0 N–H and O–H groups in total. The van der Waals surface area contributed by atoms with Crippen molar-refractivity contribution < 1.29 is 19.0 Å². The molecule has 0 spiro atoms. The molecule has 3 fully saturated rings. The lowest BCUT2D eigenvalue weighted by Gasteiger charge is -2.53. The van der Waals surface area contributed by atoms with E-state index in [0.29, 0.717) is 43.9 Å². The van der Waals surface area contributed by atoms with E-state index in [2.05, 4.69) is 70.5 Å². The number of methoxy groups -OCH3 is 2. The third-order valence-electron chi connectivity index (χ3n) is 8.94. The largest absolute Gasteiger partial charge is 0.481 e. The molecule has 2 aromatic carbocycles. The third kappa shape index (κ3) is 7.89. The lowest BCUT2D eigenvalue weighted by Crippen LogP contribution is -2.67. The maximum Gasteiger partial charge on any atom is 0.248 e. The number of rotatable bonds is 11. The summed E-state index contributed by atoms with van der Waals surface area (Å²) in [5, 5.41) is 0. The Balaban J connectivity index is 0.00000230. The molecule has 1 aromatic heterocycles. The van der Waals surface area contributed by atoms with Crippen LogP contribution in [0.1, 0.15) is 54.1 Å². The van der Waals surface area contributed by atoms with Crippen LogP contribution < -0.4 is 9.47 Å². The Morgan fingerprint density at radius 2 is 1.53 bits per heavy atom. The van der Waals surface area contributed by atoms with Crippen LogP contribution in [-0.4, -0.2) is 103 Å². The molecule has 2 unspecified atom stereocenters. The highest BCUT2D eigenvalue weighted by Crippen LogP contribution is 2.41. The number of fused-ring (bicyclic) bond motifs is 1. The van der Waals surface area contributed by atoms with E-state index in [-0.39, 0.29) is 55.3 Å². The van der Waals surface area contributed by atoms with Crippen LogP contribution in [0, 0.1) is 0 Å². The number of ether oxygens (including phenoxy) is 3. The van der Waals surface area contributed by atoms with Gasteiger partial charge in [0.1, 0.15) is 12.4 Å². The van der Waals surface area contributed by atoms with Crippen molar-refractivity contribution in [1.82, 2.24) is 24.7 Å². The van der Waals surface area contributed by atoms with Gasteiger partial charge in [-0.3, -0.25) is 14.6 Å². The zero-order valence-electron chi connectivity index (χ0n) is 26.3. The Bertz CT molecular complexity index is 1340. The van der Waals surface area contributed by atoms with E-state index in [1.54, 1.807) is 14.2 Å². The average Bonchev–Trinajstić information content (AvgIpc) is 3.89. The molecule has 45 heavy (non-hydrogen) atoms. The molecule has 2 saturated heterocycles. The summed E-state index contributed by atoms with van der Waals surface area (Å²) in [5.74, 6) is 2.64. The molecule has 244 valence electrons. The monoisotopic (exact) mass is 657 g/mol. The summed E-state index contributed by atoms with van der Waals surface area (Å²) >= 11 is 0. The quantitative estimate of drug-likeness (QED) is 0.292. The number of aromatic nitrogens is 2. The van der Waals surface area contributed by atoms with Gasteiger partial charge in [-0.15, -0.1) is 24.8 Å². The van der Waals surface area contributed by atoms with Crippen LogP contribution in [0.15, 0.2) is 60.7 Å². The lowest BCUT2D eigenvalue weighted by atomic mass is 9.81. The first-order valence-corrected chi connectivity index (χ1v) is 15.5. The highest BCUT2D eigenvalue weighted by molar-refractivity contribution is 5.85. The Morgan fingerprint density at radius 3 is 2.11 bits per heavy atom. The van der Waals surface area contributed by atoms with Crippen molar-refractivity contribution in [3.05, 3.63) is 83.2 Å². The van der Waals surface area contributed by atoms with E-state index in [1.807, 2.05) is 11.8 Å². The van der Waals surface area contributed by atoms with Gasteiger partial charge in [0.25, 0.3) is 0 Å². The summed E-state index contributed by atoms with van der Waals surface area (Å²) in [4.78, 5) is 29.7. The number of hydrogen-bond acceptors (Lipinski definition) is 8. The van der Waals surface area contributed by atoms with Gasteiger partial charge in [-0.1, -0.05) is 60.7 Å². The van der Waals surface area contributed by atoms with Gasteiger partial charge in [-0.25, -0.2) is 0 Å². The van der Waals surface area contributed by atoms with Crippen LogP contribution in [0.25, 0.3) is 0 Å². The number of piperazine rings is 2. The number of carbonyl (C=O) groups is 1. The SMILES string of the molecule is CCOc1nc(C2CC2)nc(OC)c1CN1CC2CN(C(=O)COC)CCN2C(C(c2ccccc2)c2ccccc2)C1.Cl.Cl. The van der Waals surface area contributed by atoms with Crippen molar-refractivity contribution in [3.8, 4) is 11.8 Å². The maximum atomic E-state index is 12.9. The number of benzene rings is 2. The minimum Gasteiger partial charge on any atom is -0.481 e. The van der Waals surface area contributed by atoms with E-state index < -0.39 is 0 Å². The van der Waals surface area contributed by atoms with Gasteiger partial charge in [0.2, 0.25) is 17.7 Å². The first kappa shape index (κ1) is 34.9. The van der Waals surface area contributed by atoms with Gasteiger partial charge in [0.05, 0.1) is 19.3 Å². The van der Waals surface area contributed by atoms with Gasteiger partial charge in [-0.05, 0) is 30.9 Å². The highest BCUT2D eigenvalue weighted by Gasteiger charge is 2.43. The van der Waals surface area contributed by atoms with Gasteiger partial charge >= 0.3 is 0 Å². The molecule has 2 atom stereocenters. The second-order valence-corrected chi connectivity index (χ2v) is 11.8. The van der Waals surface area contributed by atoms with E-state index in [0.717, 1.165) is 43.9 Å². The predicted molar refractivity (Wildman–Crippen MR) is 179 cm³/mol. The van der Waals surface area contributed by atoms with Gasteiger partial charge < -0.3 is 19.1 Å². The first-order chi connectivity index (χ1) is 21.1. The Kier molecular flexibility index (Phi) is 12.5. The molecule has 6 rings (SSSR count). The van der Waals surface area contributed by atoms with Crippen molar-refractivity contribution in [1.29, 1.82) is 0 Å². The number of halogens is 2. The van der Waals surface area contributed by atoms with Crippen LogP contribution >= 0.6 is 24.8 Å². The standard InChI is InChI=1S/C34H43N5O4.2ClH/c1-4-43-34-28(33(42-3)35-32(36-34)26-15-16-26)21-37-19-27-20-38(30(40)23-41-2)17-18-39(27)29(22-37)31(24-11-7-5-8-12-24)25-13-9-6-10-14-25;;/h5-14,26-27,29,31H,4,15-23H2,1-3H3;2*1H. The van der Waals surface area contributed by atoms with Gasteiger partial charge in [0.15, 0.2) is 0 Å². The van der Waals surface area contributed by atoms with Crippen molar-refractivity contribution in [2.24, 2.45) is 0 Å². The summed E-state index contributed by atoms with van der Waals surface area (Å²) in [7, 11) is 3.26. The normalized spacial score (nSPS) is 20.1. The van der Waals surface area contributed by atoms with Crippen LogP contribution in [-0.2, 0) is 16.1 Å². The smallest absolute Gasteiger partial charge is 0.248 e. The summed E-state index contributed by atoms with van der Waals surface area (Å²) in [6, 6.07) is 22.0. The Labute approximate surface area is 279 Å². The fourth-order valence-electron chi connectivity index (χ4n) is 6.80. The maximum absolute atomic E-state index is 12.9. The number of hydrogen-bond donors (Lipinski definition) is 0. The fraction of sp³-hybridized carbons (Fsp3) is 0.500. The Morgan fingerprint density at radius 1 is 0.889 bits per heavy atom. The molecule has 1 amide bonds. The first-order valence-electron chi connectivity index (χ1n) is 15.5. The molecule has 1 saturated carbocycles. The second-order valence-electron chi connectivity index (χ2n) is 11.8. The molecule has 11 heteroatoms. The summed E-state index contributed by atoms with van der Waals surface area (Å²) in [6.45, 7) is 7.06. The zero-order valence-corrected chi connectivity index (χ0v) is 28.0. The third-order valence-corrected chi connectivity index (χ3v) is 8.94. The van der Waals surface area contributed by atoms with E-state index in [1.165, 1.54) is 11.1 Å². The van der Waals surface area contributed by atoms with E-state index in [4.69, 9.17) is 24.2 Å². The highest BCUT2D eigenvalue weighted by atomic mass is 35.5. The fourth-order valence-corrected chi connectivity index (χ4v) is 6.80. The van der Waals surface area contributed by atoms with Crippen LogP contribution in [0.4, 0.5) is 0 Å². The molecule has 1 aliphatic carbocycles. The minimum atomic E-state index is 0.